The number of amides is 4. The molecule has 0 saturated carbocycles. The van der Waals surface area contributed by atoms with Gasteiger partial charge in [0.25, 0.3) is 5.91 Å². The molecule has 0 radical (unpaired) electrons. The second-order valence-electron chi connectivity index (χ2n) is 5.23. The number of urea groups is 1. The average molecular weight is 369 g/mol. The minimum absolute atomic E-state index is 0.0114. The molecule has 0 atom stereocenters. The van der Waals surface area contributed by atoms with Crippen LogP contribution in [0.1, 0.15) is 30.6 Å². The van der Waals surface area contributed by atoms with E-state index in [1.807, 2.05) is 13.8 Å². The predicted molar refractivity (Wildman–Crippen MR) is 97.7 cm³/mol. The minimum Gasteiger partial charge on any atom is -0.350 e. The smallest absolute Gasteiger partial charge is 0.314 e. The van der Waals surface area contributed by atoms with Crippen LogP contribution in [0.15, 0.2) is 24.3 Å². The molecule has 0 aliphatic carbocycles. The molecule has 1 aromatic rings. The number of nitrogens with one attached hydrogen (secondary N) is 3. The standard InChI is InChI=1S/C17H25ClN4O3/c1-3-22(4-2)15(23)9-10-20-17(25)21-12-11-19-16(24)13-7-5-6-8-14(13)18/h5-8H,3-4,9-12H2,1-2H3,(H,19,24)(H2,20,21,25). The first kappa shape index (κ1) is 20.8. The molecule has 1 rings (SSSR count). The van der Waals surface area contributed by atoms with Crippen molar-refractivity contribution in [1.29, 1.82) is 0 Å². The van der Waals surface area contributed by atoms with Crippen molar-refractivity contribution in [1.82, 2.24) is 20.9 Å². The van der Waals surface area contributed by atoms with Gasteiger partial charge >= 0.3 is 6.03 Å². The molecule has 0 heterocycles. The molecule has 7 nitrogen and oxygen atoms in total. The highest BCUT2D eigenvalue weighted by molar-refractivity contribution is 6.33. The molecule has 138 valence electrons. The van der Waals surface area contributed by atoms with Gasteiger partial charge in [0.05, 0.1) is 10.6 Å². The van der Waals surface area contributed by atoms with Crippen molar-refractivity contribution in [3.63, 3.8) is 0 Å². The summed E-state index contributed by atoms with van der Waals surface area (Å²) in [5.74, 6) is -0.282. The van der Waals surface area contributed by atoms with E-state index in [0.29, 0.717) is 23.7 Å². The lowest BCUT2D eigenvalue weighted by molar-refractivity contribution is -0.130. The summed E-state index contributed by atoms with van der Waals surface area (Å²) in [4.78, 5) is 37.0. The number of hydrogen-bond acceptors (Lipinski definition) is 3. The van der Waals surface area contributed by atoms with Crippen molar-refractivity contribution < 1.29 is 14.4 Å². The first-order valence-corrected chi connectivity index (χ1v) is 8.69. The van der Waals surface area contributed by atoms with Crippen molar-refractivity contribution in [2.24, 2.45) is 0 Å². The van der Waals surface area contributed by atoms with Gasteiger partial charge in [0.15, 0.2) is 0 Å². The predicted octanol–water partition coefficient (Wildman–Crippen LogP) is 1.63. The van der Waals surface area contributed by atoms with Gasteiger partial charge in [0.2, 0.25) is 5.91 Å². The molecule has 0 aromatic heterocycles. The number of halogens is 1. The number of nitrogens with zero attached hydrogens (tertiary/aromatic N) is 1. The van der Waals surface area contributed by atoms with Gasteiger partial charge in [-0.2, -0.15) is 0 Å². The molecule has 1 aromatic carbocycles. The summed E-state index contributed by atoms with van der Waals surface area (Å²) >= 11 is 5.94. The number of hydrogen-bond donors (Lipinski definition) is 3. The van der Waals surface area contributed by atoms with Crippen LogP contribution in [0, 0.1) is 0 Å². The van der Waals surface area contributed by atoms with E-state index in [4.69, 9.17) is 11.6 Å². The molecule has 4 amide bonds. The highest BCUT2D eigenvalue weighted by atomic mass is 35.5. The van der Waals surface area contributed by atoms with Gasteiger partial charge in [0, 0.05) is 39.1 Å². The fourth-order valence-electron chi connectivity index (χ4n) is 2.17. The number of carbonyl (C=O) groups is 3. The summed E-state index contributed by atoms with van der Waals surface area (Å²) in [7, 11) is 0. The number of rotatable bonds is 9. The molecule has 0 unspecified atom stereocenters. The van der Waals surface area contributed by atoms with Crippen LogP contribution in [-0.2, 0) is 4.79 Å². The maximum Gasteiger partial charge on any atom is 0.314 e. The second-order valence-corrected chi connectivity index (χ2v) is 5.64. The van der Waals surface area contributed by atoms with E-state index in [1.165, 1.54) is 0 Å². The van der Waals surface area contributed by atoms with E-state index in [1.54, 1.807) is 29.2 Å². The molecule has 25 heavy (non-hydrogen) atoms. The average Bonchev–Trinajstić information content (AvgIpc) is 2.60. The van der Waals surface area contributed by atoms with E-state index >= 15 is 0 Å². The van der Waals surface area contributed by atoms with Gasteiger partial charge in [-0.15, -0.1) is 0 Å². The third kappa shape index (κ3) is 7.43. The Morgan fingerprint density at radius 3 is 2.20 bits per heavy atom. The molecule has 3 N–H and O–H groups in total. The second kappa shape index (κ2) is 11.3. The fourth-order valence-corrected chi connectivity index (χ4v) is 2.39. The maximum absolute atomic E-state index is 11.9. The molecule has 0 saturated heterocycles. The van der Waals surface area contributed by atoms with Crippen molar-refractivity contribution >= 4 is 29.4 Å². The van der Waals surface area contributed by atoms with Crippen LogP contribution in [0.25, 0.3) is 0 Å². The number of benzene rings is 1. The maximum atomic E-state index is 11.9. The highest BCUT2D eigenvalue weighted by Crippen LogP contribution is 2.14. The molecule has 0 fully saturated rings. The van der Waals surface area contributed by atoms with Crippen LogP contribution < -0.4 is 16.0 Å². The molecule has 0 spiro atoms. The van der Waals surface area contributed by atoms with Crippen molar-refractivity contribution in [3.8, 4) is 0 Å². The van der Waals surface area contributed by atoms with Crippen LogP contribution in [0.5, 0.6) is 0 Å². The third-order valence-corrected chi connectivity index (χ3v) is 3.88. The van der Waals surface area contributed by atoms with Crippen molar-refractivity contribution in [3.05, 3.63) is 34.9 Å². The summed E-state index contributed by atoms with van der Waals surface area (Å²) in [5, 5.41) is 8.28. The van der Waals surface area contributed by atoms with Crippen molar-refractivity contribution in [2.45, 2.75) is 20.3 Å². The first-order chi connectivity index (χ1) is 12.0. The zero-order valence-electron chi connectivity index (χ0n) is 14.6. The topological polar surface area (TPSA) is 90.5 Å². The third-order valence-electron chi connectivity index (χ3n) is 3.56. The van der Waals surface area contributed by atoms with E-state index in [2.05, 4.69) is 16.0 Å². The Kier molecular flexibility index (Phi) is 9.39. The summed E-state index contributed by atoms with van der Waals surface area (Å²) in [6.07, 6.45) is 0.262. The quantitative estimate of drug-likeness (QED) is 0.578. The Labute approximate surface area is 153 Å². The molecule has 0 aliphatic rings. The first-order valence-electron chi connectivity index (χ1n) is 8.31. The largest absolute Gasteiger partial charge is 0.350 e. The fraction of sp³-hybridized carbons (Fsp3) is 0.471. The van der Waals surface area contributed by atoms with Crippen LogP contribution in [0.3, 0.4) is 0 Å². The SMILES string of the molecule is CCN(CC)C(=O)CCNC(=O)NCCNC(=O)c1ccccc1Cl. The van der Waals surface area contributed by atoms with Crippen LogP contribution in [0.4, 0.5) is 4.79 Å². The van der Waals surface area contributed by atoms with Gasteiger partial charge < -0.3 is 20.9 Å². The van der Waals surface area contributed by atoms with Crippen LogP contribution in [0.2, 0.25) is 5.02 Å². The summed E-state index contributed by atoms with van der Waals surface area (Å²) in [6, 6.07) is 6.37. The lowest BCUT2D eigenvalue weighted by Crippen LogP contribution is -2.41. The Morgan fingerprint density at radius 1 is 0.960 bits per heavy atom. The number of carbonyl (C=O) groups excluding carboxylic acids is 3. The summed E-state index contributed by atoms with van der Waals surface area (Å²) < 4.78 is 0. The molecular formula is C17H25ClN4O3. The Bertz CT molecular complexity index is 591. The molecular weight excluding hydrogens is 344 g/mol. The lowest BCUT2D eigenvalue weighted by Gasteiger charge is -2.18. The molecule has 8 heteroatoms. The Hall–Kier alpha value is -2.28. The Balaban J connectivity index is 2.18. The summed E-state index contributed by atoms with van der Waals surface area (Å²) in [5.41, 5.74) is 0.392. The molecule has 0 aliphatic heterocycles. The minimum atomic E-state index is -0.376. The van der Waals surface area contributed by atoms with E-state index in [0.717, 1.165) is 0 Å². The van der Waals surface area contributed by atoms with E-state index in [9.17, 15) is 14.4 Å². The van der Waals surface area contributed by atoms with Gasteiger partial charge in [-0.25, -0.2) is 4.79 Å². The van der Waals surface area contributed by atoms with E-state index in [-0.39, 0.29) is 43.9 Å². The Morgan fingerprint density at radius 2 is 1.56 bits per heavy atom. The zero-order chi connectivity index (χ0) is 18.7. The highest BCUT2D eigenvalue weighted by Gasteiger charge is 2.10. The molecule has 0 bridgehead atoms. The lowest BCUT2D eigenvalue weighted by atomic mass is 10.2. The van der Waals surface area contributed by atoms with E-state index < -0.39 is 0 Å². The monoisotopic (exact) mass is 368 g/mol. The normalized spacial score (nSPS) is 10.0. The van der Waals surface area contributed by atoms with Gasteiger partial charge in [0.1, 0.15) is 0 Å². The van der Waals surface area contributed by atoms with Gasteiger partial charge in [-0.05, 0) is 26.0 Å². The summed E-state index contributed by atoms with van der Waals surface area (Å²) in [6.45, 7) is 5.96. The zero-order valence-corrected chi connectivity index (χ0v) is 15.4. The van der Waals surface area contributed by atoms with Crippen molar-refractivity contribution in [2.75, 3.05) is 32.7 Å². The van der Waals surface area contributed by atoms with Gasteiger partial charge in [-0.1, -0.05) is 23.7 Å². The van der Waals surface area contributed by atoms with Crippen LogP contribution in [-0.4, -0.2) is 55.5 Å². The van der Waals surface area contributed by atoms with Gasteiger partial charge in [-0.3, -0.25) is 9.59 Å². The van der Waals surface area contributed by atoms with Crippen LogP contribution >= 0.6 is 11.6 Å².